The van der Waals surface area contributed by atoms with Crippen LogP contribution in [0.4, 0.5) is 5.13 Å². The molecule has 0 atom stereocenters. The van der Waals surface area contributed by atoms with Gasteiger partial charge in [-0.1, -0.05) is 30.4 Å². The number of anilines is 1. The molecule has 1 aromatic carbocycles. The lowest BCUT2D eigenvalue weighted by Gasteiger charge is -2.10. The van der Waals surface area contributed by atoms with Crippen LogP contribution in [0.2, 0.25) is 0 Å². The third kappa shape index (κ3) is 4.51. The van der Waals surface area contributed by atoms with E-state index >= 15 is 0 Å². The summed E-state index contributed by atoms with van der Waals surface area (Å²) in [7, 11) is -3.43. The van der Waals surface area contributed by atoms with Gasteiger partial charge in [0.2, 0.25) is 19.3 Å². The Morgan fingerprint density at radius 1 is 1.29 bits per heavy atom. The maximum Gasteiger partial charge on any atom is 0.264 e. The molecular formula is C15H19N3O4S2. The quantitative estimate of drug-likeness (QED) is 0.752. The standard InChI is InChI=1S/C15H19N3O4S2/c1-4-8-24(20,21)15-18-17-14(23-15)16-13(19)9-22-12-7-5-6-10(2)11(12)3/h5-7H,4,8-9H2,1-3H3,(H,16,17,19). The average molecular weight is 369 g/mol. The molecule has 1 N–H and O–H groups in total. The Bertz CT molecular complexity index is 831. The molecule has 0 aliphatic carbocycles. The third-order valence-corrected chi connectivity index (χ3v) is 6.51. The lowest BCUT2D eigenvalue weighted by molar-refractivity contribution is -0.118. The predicted octanol–water partition coefficient (Wildman–Crippen LogP) is 2.36. The molecule has 130 valence electrons. The summed E-state index contributed by atoms with van der Waals surface area (Å²) in [5, 5.41) is 9.96. The maximum atomic E-state index is 11.9. The number of sulfone groups is 1. The normalized spacial score (nSPS) is 11.3. The molecule has 1 heterocycles. The number of benzene rings is 1. The molecule has 0 spiro atoms. The fraction of sp³-hybridized carbons (Fsp3) is 0.400. The highest BCUT2D eigenvalue weighted by atomic mass is 32.2. The van der Waals surface area contributed by atoms with Crippen molar-refractivity contribution in [3.63, 3.8) is 0 Å². The molecule has 0 aliphatic heterocycles. The summed E-state index contributed by atoms with van der Waals surface area (Å²) >= 11 is 0.838. The van der Waals surface area contributed by atoms with E-state index in [0.29, 0.717) is 12.2 Å². The zero-order valence-electron chi connectivity index (χ0n) is 13.7. The summed E-state index contributed by atoms with van der Waals surface area (Å²) in [6.45, 7) is 5.45. The van der Waals surface area contributed by atoms with Gasteiger partial charge in [-0.25, -0.2) is 8.42 Å². The molecule has 1 aromatic heterocycles. The van der Waals surface area contributed by atoms with E-state index in [1.165, 1.54) is 0 Å². The SMILES string of the molecule is CCCS(=O)(=O)c1nnc(NC(=O)COc2cccc(C)c2C)s1. The highest BCUT2D eigenvalue weighted by Gasteiger charge is 2.20. The van der Waals surface area contributed by atoms with E-state index in [2.05, 4.69) is 15.5 Å². The van der Waals surface area contributed by atoms with Gasteiger partial charge >= 0.3 is 0 Å². The highest BCUT2D eigenvalue weighted by Crippen LogP contribution is 2.22. The van der Waals surface area contributed by atoms with Crippen molar-refractivity contribution in [2.45, 2.75) is 31.5 Å². The van der Waals surface area contributed by atoms with Gasteiger partial charge in [-0.3, -0.25) is 10.1 Å². The van der Waals surface area contributed by atoms with Crippen molar-refractivity contribution < 1.29 is 17.9 Å². The van der Waals surface area contributed by atoms with E-state index < -0.39 is 15.7 Å². The smallest absolute Gasteiger partial charge is 0.264 e. The Hall–Kier alpha value is -2.00. The van der Waals surface area contributed by atoms with Crippen LogP contribution in [0.1, 0.15) is 24.5 Å². The van der Waals surface area contributed by atoms with Crippen LogP contribution in [-0.2, 0) is 14.6 Å². The van der Waals surface area contributed by atoms with Crippen molar-refractivity contribution in [3.8, 4) is 5.75 Å². The Balaban J connectivity index is 1.96. The van der Waals surface area contributed by atoms with Crippen LogP contribution in [-0.4, -0.2) is 36.9 Å². The monoisotopic (exact) mass is 369 g/mol. The Kier molecular flexibility index (Phi) is 5.89. The van der Waals surface area contributed by atoms with E-state index in [1.54, 1.807) is 13.0 Å². The second-order valence-corrected chi connectivity index (χ2v) is 8.49. The third-order valence-electron chi connectivity index (χ3n) is 3.31. The number of carbonyl (C=O) groups is 1. The minimum atomic E-state index is -3.43. The van der Waals surface area contributed by atoms with Gasteiger partial charge < -0.3 is 4.74 Å². The number of nitrogens with zero attached hydrogens (tertiary/aromatic N) is 2. The fourth-order valence-corrected chi connectivity index (χ4v) is 4.29. The first-order valence-electron chi connectivity index (χ1n) is 7.38. The number of hydrogen-bond donors (Lipinski definition) is 1. The Labute approximate surface area is 145 Å². The summed E-state index contributed by atoms with van der Waals surface area (Å²) in [6.07, 6.45) is 0.493. The number of nitrogens with one attached hydrogen (secondary N) is 1. The molecule has 0 saturated carbocycles. The van der Waals surface area contributed by atoms with Crippen LogP contribution in [0.15, 0.2) is 22.5 Å². The van der Waals surface area contributed by atoms with Gasteiger partial charge in [0.25, 0.3) is 5.91 Å². The molecule has 0 radical (unpaired) electrons. The molecule has 24 heavy (non-hydrogen) atoms. The minimum Gasteiger partial charge on any atom is -0.483 e. The van der Waals surface area contributed by atoms with Gasteiger partial charge in [-0.05, 0) is 37.5 Å². The lowest BCUT2D eigenvalue weighted by Crippen LogP contribution is -2.20. The van der Waals surface area contributed by atoms with Gasteiger partial charge in [-0.2, -0.15) is 0 Å². The summed E-state index contributed by atoms with van der Waals surface area (Å²) in [5.74, 6) is 0.214. The zero-order valence-corrected chi connectivity index (χ0v) is 15.3. The Morgan fingerprint density at radius 2 is 2.04 bits per heavy atom. The molecule has 0 saturated heterocycles. The van der Waals surface area contributed by atoms with Crippen LogP contribution in [0.25, 0.3) is 0 Å². The molecule has 0 bridgehead atoms. The number of rotatable bonds is 7. The van der Waals surface area contributed by atoms with E-state index in [4.69, 9.17) is 4.74 Å². The maximum absolute atomic E-state index is 11.9. The molecular weight excluding hydrogens is 350 g/mol. The van der Waals surface area contributed by atoms with Crippen molar-refractivity contribution >= 4 is 32.2 Å². The van der Waals surface area contributed by atoms with E-state index in [9.17, 15) is 13.2 Å². The number of carbonyl (C=O) groups excluding carboxylic acids is 1. The molecule has 0 aliphatic rings. The molecule has 0 unspecified atom stereocenters. The summed E-state index contributed by atoms with van der Waals surface area (Å²) < 4.78 is 29.2. The first kappa shape index (κ1) is 18.3. The highest BCUT2D eigenvalue weighted by molar-refractivity contribution is 7.93. The first-order chi connectivity index (χ1) is 11.3. The van der Waals surface area contributed by atoms with Gasteiger partial charge in [0.05, 0.1) is 5.75 Å². The minimum absolute atomic E-state index is 0.00528. The summed E-state index contributed by atoms with van der Waals surface area (Å²) in [6, 6.07) is 5.60. The van der Waals surface area contributed by atoms with Crippen LogP contribution in [0.3, 0.4) is 0 Å². The van der Waals surface area contributed by atoms with Gasteiger partial charge in [0, 0.05) is 0 Å². The molecule has 1 amide bonds. The van der Waals surface area contributed by atoms with Crippen LogP contribution in [0, 0.1) is 13.8 Å². The van der Waals surface area contributed by atoms with Crippen molar-refractivity contribution in [2.75, 3.05) is 17.7 Å². The summed E-state index contributed by atoms with van der Waals surface area (Å²) in [4.78, 5) is 11.9. The van der Waals surface area contributed by atoms with Gasteiger partial charge in [-0.15, -0.1) is 10.2 Å². The molecule has 0 fully saturated rings. The Morgan fingerprint density at radius 3 is 2.75 bits per heavy atom. The van der Waals surface area contributed by atoms with Crippen molar-refractivity contribution in [1.82, 2.24) is 10.2 Å². The molecule has 7 nitrogen and oxygen atoms in total. The number of ether oxygens (including phenoxy) is 1. The number of aromatic nitrogens is 2. The predicted molar refractivity (Wildman–Crippen MR) is 92.3 cm³/mol. The number of aryl methyl sites for hydroxylation is 1. The van der Waals surface area contributed by atoms with Crippen molar-refractivity contribution in [3.05, 3.63) is 29.3 Å². The number of amides is 1. The molecule has 9 heteroatoms. The van der Waals surface area contributed by atoms with Crippen LogP contribution in [0.5, 0.6) is 5.75 Å². The lowest BCUT2D eigenvalue weighted by atomic mass is 10.1. The van der Waals surface area contributed by atoms with E-state index in [0.717, 1.165) is 22.5 Å². The van der Waals surface area contributed by atoms with E-state index in [1.807, 2.05) is 26.0 Å². The van der Waals surface area contributed by atoms with Gasteiger partial charge in [0.15, 0.2) is 6.61 Å². The topological polar surface area (TPSA) is 98.3 Å². The van der Waals surface area contributed by atoms with Crippen LogP contribution < -0.4 is 10.1 Å². The summed E-state index contributed by atoms with van der Waals surface area (Å²) in [5.41, 5.74) is 2.04. The average Bonchev–Trinajstić information content (AvgIpc) is 2.98. The largest absolute Gasteiger partial charge is 0.483 e. The van der Waals surface area contributed by atoms with Crippen molar-refractivity contribution in [2.24, 2.45) is 0 Å². The molecule has 2 aromatic rings. The fourth-order valence-electron chi connectivity index (χ4n) is 1.92. The first-order valence-corrected chi connectivity index (χ1v) is 9.85. The zero-order chi connectivity index (χ0) is 17.7. The second-order valence-electron chi connectivity index (χ2n) is 5.23. The van der Waals surface area contributed by atoms with E-state index in [-0.39, 0.29) is 21.8 Å². The van der Waals surface area contributed by atoms with Gasteiger partial charge in [0.1, 0.15) is 5.75 Å². The second kappa shape index (κ2) is 7.71. The van der Waals surface area contributed by atoms with Crippen molar-refractivity contribution in [1.29, 1.82) is 0 Å². The van der Waals surface area contributed by atoms with Crippen LogP contribution >= 0.6 is 11.3 Å². The number of hydrogen-bond acceptors (Lipinski definition) is 7. The molecule has 2 rings (SSSR count).